The quantitative estimate of drug-likeness (QED) is 0.784. The summed E-state index contributed by atoms with van der Waals surface area (Å²) in [6.45, 7) is 4.60. The van der Waals surface area contributed by atoms with Gasteiger partial charge in [0.1, 0.15) is 11.4 Å². The Balaban J connectivity index is 1.70. The highest BCUT2D eigenvalue weighted by molar-refractivity contribution is 6.04. The van der Waals surface area contributed by atoms with E-state index >= 15 is 0 Å². The number of carbonyl (C=O) groups excluding carboxylic acids is 1. The molecule has 1 aliphatic heterocycles. The van der Waals surface area contributed by atoms with E-state index in [0.717, 1.165) is 11.8 Å². The van der Waals surface area contributed by atoms with Crippen molar-refractivity contribution in [2.45, 2.75) is 25.6 Å². The predicted molar refractivity (Wildman–Crippen MR) is 99.1 cm³/mol. The second-order valence-corrected chi connectivity index (χ2v) is 6.88. The lowest BCUT2D eigenvalue weighted by Gasteiger charge is -2.33. The lowest BCUT2D eigenvalue weighted by atomic mass is 10.1. The van der Waals surface area contributed by atoms with E-state index < -0.39 is 6.18 Å². The number of halogens is 3. The van der Waals surface area contributed by atoms with E-state index in [9.17, 15) is 18.0 Å². The van der Waals surface area contributed by atoms with Crippen LogP contribution >= 0.6 is 0 Å². The number of rotatable bonds is 3. The van der Waals surface area contributed by atoms with Gasteiger partial charge in [-0.3, -0.25) is 4.79 Å². The van der Waals surface area contributed by atoms with Crippen LogP contribution in [0.4, 0.5) is 24.5 Å². The van der Waals surface area contributed by atoms with Crippen LogP contribution in [0.3, 0.4) is 0 Å². The molecular weight excluding hydrogens is 357 g/mol. The lowest BCUT2D eigenvalue weighted by Crippen LogP contribution is -2.40. The Kier molecular flexibility index (Phi) is 4.87. The van der Waals surface area contributed by atoms with Gasteiger partial charge in [-0.15, -0.1) is 0 Å². The molecule has 0 aromatic heterocycles. The van der Waals surface area contributed by atoms with Crippen molar-refractivity contribution in [3.8, 4) is 5.75 Å². The first-order valence-electron chi connectivity index (χ1n) is 8.36. The third kappa shape index (κ3) is 5.03. The normalized spacial score (nSPS) is 15.6. The van der Waals surface area contributed by atoms with Crippen molar-refractivity contribution in [3.05, 3.63) is 59.7 Å². The van der Waals surface area contributed by atoms with Gasteiger partial charge < -0.3 is 15.4 Å². The Labute approximate surface area is 155 Å². The number of allylic oxidation sites excluding steroid dienone is 1. The van der Waals surface area contributed by atoms with E-state index in [0.29, 0.717) is 29.1 Å². The first kappa shape index (κ1) is 18.8. The summed E-state index contributed by atoms with van der Waals surface area (Å²) < 4.78 is 42.5. The van der Waals surface area contributed by atoms with Gasteiger partial charge in [0.15, 0.2) is 0 Å². The molecule has 2 aromatic rings. The largest absolute Gasteiger partial charge is 0.484 e. The Bertz CT molecular complexity index is 872. The van der Waals surface area contributed by atoms with Gasteiger partial charge in [-0.2, -0.15) is 13.2 Å². The van der Waals surface area contributed by atoms with Gasteiger partial charge in [-0.05, 0) is 43.7 Å². The number of alkyl halides is 3. The summed E-state index contributed by atoms with van der Waals surface area (Å²) in [4.78, 5) is 12.4. The van der Waals surface area contributed by atoms with Crippen LogP contribution in [-0.2, 0) is 0 Å². The highest BCUT2D eigenvalue weighted by atomic mass is 19.4. The summed E-state index contributed by atoms with van der Waals surface area (Å²) in [6.07, 6.45) is -3.25. The van der Waals surface area contributed by atoms with Crippen LogP contribution in [0.15, 0.2) is 48.5 Å². The summed E-state index contributed by atoms with van der Waals surface area (Å²) in [6, 6.07) is 11.2. The minimum absolute atomic E-state index is 0.157. The second-order valence-electron chi connectivity index (χ2n) is 6.88. The molecular formula is C20H19F3N2O2. The van der Waals surface area contributed by atoms with Crippen LogP contribution < -0.4 is 15.4 Å². The highest BCUT2D eigenvalue weighted by Gasteiger charge is 2.26. The van der Waals surface area contributed by atoms with E-state index in [1.54, 1.807) is 12.1 Å². The number of hydrogen-bond donors (Lipinski definition) is 2. The predicted octanol–water partition coefficient (Wildman–Crippen LogP) is 5.10. The molecule has 0 saturated carbocycles. The van der Waals surface area contributed by atoms with Crippen molar-refractivity contribution in [3.63, 3.8) is 0 Å². The summed E-state index contributed by atoms with van der Waals surface area (Å²) in [5.74, 6) is 0.293. The van der Waals surface area contributed by atoms with Crippen molar-refractivity contribution < 1.29 is 22.7 Å². The molecule has 0 radical (unpaired) electrons. The number of nitrogens with one attached hydrogen (secondary N) is 2. The molecule has 0 unspecified atom stereocenters. The fourth-order valence-electron chi connectivity index (χ4n) is 2.61. The first-order valence-corrected chi connectivity index (χ1v) is 8.36. The molecule has 0 atom stereocenters. The fraction of sp³-hybridized carbons (Fsp3) is 0.250. The first-order chi connectivity index (χ1) is 12.6. The standard InChI is InChI=1S/C20H19F3N2O2/c1-19(2)12-24-16-8-7-15(11-17(16)27-19)25-18(26)14-5-3-13(4-6-14)9-10-20(21,22)23/h3-11,24H,12H2,1-2H3,(H,25,26). The van der Waals surface area contributed by atoms with Gasteiger partial charge in [0.05, 0.1) is 12.2 Å². The molecule has 0 saturated heterocycles. The van der Waals surface area contributed by atoms with E-state index in [1.807, 2.05) is 19.9 Å². The Hall–Kier alpha value is -2.96. The zero-order chi connectivity index (χ0) is 19.7. The molecule has 2 aromatic carbocycles. The number of benzene rings is 2. The second kappa shape index (κ2) is 6.98. The van der Waals surface area contributed by atoms with Crippen molar-refractivity contribution in [1.29, 1.82) is 0 Å². The highest BCUT2D eigenvalue weighted by Crippen LogP contribution is 2.35. The number of fused-ring (bicyclic) bond motifs is 1. The number of carbonyl (C=O) groups is 1. The van der Waals surface area contributed by atoms with E-state index in [1.165, 1.54) is 24.3 Å². The van der Waals surface area contributed by atoms with E-state index in [-0.39, 0.29) is 17.6 Å². The summed E-state index contributed by atoms with van der Waals surface area (Å²) in [5.41, 5.74) is 1.78. The van der Waals surface area contributed by atoms with Crippen LogP contribution in [-0.4, -0.2) is 24.2 Å². The fourth-order valence-corrected chi connectivity index (χ4v) is 2.61. The summed E-state index contributed by atoms with van der Waals surface area (Å²) in [7, 11) is 0. The van der Waals surface area contributed by atoms with Gasteiger partial charge in [-0.1, -0.05) is 18.2 Å². The zero-order valence-electron chi connectivity index (χ0n) is 14.9. The topological polar surface area (TPSA) is 50.4 Å². The summed E-state index contributed by atoms with van der Waals surface area (Å²) in [5, 5.41) is 6.04. The van der Waals surface area contributed by atoms with Crippen molar-refractivity contribution in [1.82, 2.24) is 0 Å². The SMILES string of the molecule is CC1(C)CNc2ccc(NC(=O)c3ccc(C=CC(F)(F)F)cc3)cc2O1. The monoisotopic (exact) mass is 376 g/mol. The minimum atomic E-state index is -4.37. The summed E-state index contributed by atoms with van der Waals surface area (Å²) >= 11 is 0. The molecule has 0 bridgehead atoms. The van der Waals surface area contributed by atoms with Crippen LogP contribution in [0, 0.1) is 0 Å². The third-order valence-corrected chi connectivity index (χ3v) is 3.97. The average molecular weight is 376 g/mol. The molecule has 4 nitrogen and oxygen atoms in total. The van der Waals surface area contributed by atoms with Crippen molar-refractivity contribution in [2.75, 3.05) is 17.2 Å². The molecule has 2 N–H and O–H groups in total. The van der Waals surface area contributed by atoms with E-state index in [4.69, 9.17) is 4.74 Å². The van der Waals surface area contributed by atoms with E-state index in [2.05, 4.69) is 10.6 Å². The molecule has 1 aliphatic rings. The minimum Gasteiger partial charge on any atom is -0.484 e. The van der Waals surface area contributed by atoms with Crippen molar-refractivity contribution >= 4 is 23.4 Å². The van der Waals surface area contributed by atoms with Crippen LogP contribution in [0.2, 0.25) is 0 Å². The molecule has 0 aliphatic carbocycles. The maximum Gasteiger partial charge on any atom is 0.409 e. The Morgan fingerprint density at radius 2 is 1.89 bits per heavy atom. The Morgan fingerprint density at radius 3 is 2.56 bits per heavy atom. The maximum atomic E-state index is 12.4. The molecule has 0 spiro atoms. The number of anilines is 2. The molecule has 7 heteroatoms. The molecule has 3 rings (SSSR count). The van der Waals surface area contributed by atoms with Gasteiger partial charge >= 0.3 is 6.18 Å². The van der Waals surface area contributed by atoms with Crippen LogP contribution in [0.1, 0.15) is 29.8 Å². The third-order valence-electron chi connectivity index (χ3n) is 3.97. The van der Waals surface area contributed by atoms with Gasteiger partial charge in [0.25, 0.3) is 5.91 Å². The van der Waals surface area contributed by atoms with Gasteiger partial charge in [0.2, 0.25) is 0 Å². The molecule has 27 heavy (non-hydrogen) atoms. The Morgan fingerprint density at radius 1 is 1.19 bits per heavy atom. The smallest absolute Gasteiger partial charge is 0.409 e. The average Bonchev–Trinajstić information content (AvgIpc) is 2.58. The zero-order valence-corrected chi connectivity index (χ0v) is 14.9. The molecule has 0 fully saturated rings. The van der Waals surface area contributed by atoms with Crippen molar-refractivity contribution in [2.24, 2.45) is 0 Å². The maximum absolute atomic E-state index is 12.4. The van der Waals surface area contributed by atoms with Crippen LogP contribution in [0.5, 0.6) is 5.75 Å². The number of amides is 1. The number of ether oxygens (including phenoxy) is 1. The number of hydrogen-bond acceptors (Lipinski definition) is 3. The van der Waals surface area contributed by atoms with Gasteiger partial charge in [0, 0.05) is 23.4 Å². The van der Waals surface area contributed by atoms with Crippen LogP contribution in [0.25, 0.3) is 6.08 Å². The molecule has 142 valence electrons. The lowest BCUT2D eigenvalue weighted by molar-refractivity contribution is -0.0790. The molecule has 1 amide bonds. The molecule has 1 heterocycles. The van der Waals surface area contributed by atoms with Gasteiger partial charge in [-0.25, -0.2) is 0 Å².